The van der Waals surface area contributed by atoms with Gasteiger partial charge in [0.15, 0.2) is 0 Å². The van der Waals surface area contributed by atoms with E-state index in [1.54, 1.807) is 4.90 Å². The normalized spacial score (nSPS) is 40.5. The Morgan fingerprint density at radius 3 is 2.57 bits per heavy atom. The molecule has 4 nitrogen and oxygen atoms in total. The molecule has 2 saturated heterocycles. The average molecular weight is 338 g/mol. The van der Waals surface area contributed by atoms with Crippen LogP contribution in [0, 0.1) is 17.3 Å². The van der Waals surface area contributed by atoms with Gasteiger partial charge in [-0.1, -0.05) is 42.0 Å². The van der Waals surface area contributed by atoms with E-state index in [0.717, 1.165) is 45.2 Å². The minimum Gasteiger partial charge on any atom is -0.285 e. The van der Waals surface area contributed by atoms with Crippen molar-refractivity contribution in [3.8, 4) is 0 Å². The third kappa shape index (κ3) is 3.22. The van der Waals surface area contributed by atoms with Crippen LogP contribution >= 0.6 is 9.39 Å². The zero-order valence-electron chi connectivity index (χ0n) is 14.6. The Bertz CT molecular complexity index is 484. The fraction of sp³-hybridized carbons (Fsp3) is 0.889. The summed E-state index contributed by atoms with van der Waals surface area (Å²) in [7, 11) is 2.73. The predicted octanol–water partition coefficient (Wildman–Crippen LogP) is 3.22. The Morgan fingerprint density at radius 1 is 1.09 bits per heavy atom. The Hall–Kier alpha value is -0.470. The average Bonchev–Trinajstić information content (AvgIpc) is 2.71. The number of likely N-dealkylation sites (tertiary alicyclic amines) is 1. The number of carbonyl (C=O) groups excluding carboxylic acids is 2. The summed E-state index contributed by atoms with van der Waals surface area (Å²) >= 11 is 0. The largest absolute Gasteiger partial charge is 0.285 e. The van der Waals surface area contributed by atoms with E-state index in [1.807, 2.05) is 0 Å². The molecule has 2 unspecified atom stereocenters. The van der Waals surface area contributed by atoms with Crippen molar-refractivity contribution in [1.82, 2.24) is 9.57 Å². The standard InChI is InChI=1S/C18H31N2O2P/c1-13-7-4-3-5-9-15-16(21)20(17(22)18(15,2)11-13)14-8-6-10-19(23)12-14/h13-15H,3-12,23H2,1-2H3/t13-,14+,15?,18+/m1/s1. The maximum atomic E-state index is 13.3. The van der Waals surface area contributed by atoms with Crippen molar-refractivity contribution < 1.29 is 9.59 Å². The van der Waals surface area contributed by atoms with Crippen LogP contribution in [0.4, 0.5) is 0 Å². The van der Waals surface area contributed by atoms with E-state index in [9.17, 15) is 9.59 Å². The molecule has 0 aromatic heterocycles. The van der Waals surface area contributed by atoms with Gasteiger partial charge in [0.1, 0.15) is 0 Å². The van der Waals surface area contributed by atoms with Crippen molar-refractivity contribution >= 4 is 21.2 Å². The van der Waals surface area contributed by atoms with Gasteiger partial charge in [-0.15, -0.1) is 0 Å². The molecular weight excluding hydrogens is 307 g/mol. The summed E-state index contributed by atoms with van der Waals surface area (Å²) in [5, 5.41) is 0. The lowest BCUT2D eigenvalue weighted by Crippen LogP contribution is -2.49. The molecular formula is C18H31N2O2P. The van der Waals surface area contributed by atoms with Gasteiger partial charge in [0.25, 0.3) is 0 Å². The molecule has 0 bridgehead atoms. The van der Waals surface area contributed by atoms with Crippen molar-refractivity contribution in [3.63, 3.8) is 0 Å². The quantitative estimate of drug-likeness (QED) is 0.544. The molecule has 5 heteroatoms. The number of piperidine rings is 1. The molecule has 0 aromatic rings. The van der Waals surface area contributed by atoms with Gasteiger partial charge < -0.3 is 0 Å². The molecule has 130 valence electrons. The van der Waals surface area contributed by atoms with Crippen LogP contribution in [0.25, 0.3) is 0 Å². The summed E-state index contributed by atoms with van der Waals surface area (Å²) in [4.78, 5) is 28.1. The predicted molar refractivity (Wildman–Crippen MR) is 94.6 cm³/mol. The van der Waals surface area contributed by atoms with Crippen molar-refractivity contribution in [2.75, 3.05) is 13.1 Å². The molecule has 0 aromatic carbocycles. The topological polar surface area (TPSA) is 40.6 Å². The second-order valence-electron chi connectivity index (χ2n) is 8.22. The molecule has 23 heavy (non-hydrogen) atoms. The first-order chi connectivity index (χ1) is 10.9. The van der Waals surface area contributed by atoms with E-state index in [0.29, 0.717) is 5.92 Å². The van der Waals surface area contributed by atoms with Gasteiger partial charge in [0.2, 0.25) is 11.8 Å². The highest BCUT2D eigenvalue weighted by Gasteiger charge is 2.57. The Kier molecular flexibility index (Phi) is 5.13. The van der Waals surface area contributed by atoms with E-state index >= 15 is 0 Å². The Labute approximate surface area is 142 Å². The van der Waals surface area contributed by atoms with Crippen LogP contribution in [0.3, 0.4) is 0 Å². The van der Waals surface area contributed by atoms with Gasteiger partial charge in [-0.25, -0.2) is 0 Å². The molecule has 2 heterocycles. The van der Waals surface area contributed by atoms with E-state index < -0.39 is 5.41 Å². The monoisotopic (exact) mass is 338 g/mol. The lowest BCUT2D eigenvalue weighted by molar-refractivity contribution is -0.145. The molecule has 2 amide bonds. The second kappa shape index (κ2) is 6.80. The summed E-state index contributed by atoms with van der Waals surface area (Å²) in [6.07, 6.45) is 8.48. The van der Waals surface area contributed by atoms with Gasteiger partial charge in [-0.05, 0) is 38.5 Å². The summed E-state index contributed by atoms with van der Waals surface area (Å²) in [5.41, 5.74) is -0.468. The molecule has 2 aliphatic heterocycles. The smallest absolute Gasteiger partial charge is 0.236 e. The number of hydrogen-bond acceptors (Lipinski definition) is 3. The maximum Gasteiger partial charge on any atom is 0.236 e. The number of carbonyl (C=O) groups is 2. The van der Waals surface area contributed by atoms with Crippen LogP contribution in [-0.2, 0) is 9.59 Å². The fourth-order valence-electron chi connectivity index (χ4n) is 5.02. The van der Waals surface area contributed by atoms with Crippen LogP contribution in [0.5, 0.6) is 0 Å². The summed E-state index contributed by atoms with van der Waals surface area (Å²) < 4.78 is 2.17. The van der Waals surface area contributed by atoms with Crippen molar-refractivity contribution in [2.45, 2.75) is 71.3 Å². The highest BCUT2D eigenvalue weighted by Crippen LogP contribution is 2.48. The zero-order valence-corrected chi connectivity index (χ0v) is 15.7. The Balaban J connectivity index is 1.87. The second-order valence-corrected chi connectivity index (χ2v) is 8.95. The van der Waals surface area contributed by atoms with Gasteiger partial charge in [0.05, 0.1) is 17.4 Å². The maximum absolute atomic E-state index is 13.3. The molecule has 5 atom stereocenters. The lowest BCUT2D eigenvalue weighted by Gasteiger charge is -2.35. The highest BCUT2D eigenvalue weighted by atomic mass is 31.0. The van der Waals surface area contributed by atoms with E-state index in [1.165, 1.54) is 19.3 Å². The first-order valence-electron chi connectivity index (χ1n) is 9.30. The molecule has 0 spiro atoms. The molecule has 3 rings (SSSR count). The molecule has 3 fully saturated rings. The third-order valence-corrected chi connectivity index (χ3v) is 6.74. The van der Waals surface area contributed by atoms with Gasteiger partial charge in [0, 0.05) is 13.1 Å². The summed E-state index contributed by atoms with van der Waals surface area (Å²) in [6.45, 7) is 6.16. The lowest BCUT2D eigenvalue weighted by atomic mass is 9.71. The molecule has 1 saturated carbocycles. The number of amides is 2. The van der Waals surface area contributed by atoms with Crippen LogP contribution in [0.1, 0.15) is 65.2 Å². The highest BCUT2D eigenvalue weighted by molar-refractivity contribution is 7.13. The number of fused-ring (bicyclic) bond motifs is 1. The third-order valence-electron chi connectivity index (χ3n) is 6.27. The SMILES string of the molecule is C[C@@H]1CCCCCC2C(=O)N([C@H]3CCCN(P)C3)C(=O)[C@@]2(C)C1. The fourth-order valence-corrected chi connectivity index (χ4v) is 5.45. The van der Waals surface area contributed by atoms with E-state index in [4.69, 9.17) is 0 Å². The molecule has 3 aliphatic rings. The van der Waals surface area contributed by atoms with Gasteiger partial charge >= 0.3 is 0 Å². The van der Waals surface area contributed by atoms with Crippen LogP contribution in [0.15, 0.2) is 0 Å². The van der Waals surface area contributed by atoms with Crippen LogP contribution in [-0.4, -0.2) is 40.5 Å². The molecule has 0 radical (unpaired) electrons. The van der Waals surface area contributed by atoms with Crippen molar-refractivity contribution in [2.24, 2.45) is 17.3 Å². The minimum absolute atomic E-state index is 0.0730. The number of rotatable bonds is 1. The van der Waals surface area contributed by atoms with Crippen LogP contribution < -0.4 is 0 Å². The summed E-state index contributed by atoms with van der Waals surface area (Å²) in [5.74, 6) is 0.681. The summed E-state index contributed by atoms with van der Waals surface area (Å²) in [6, 6.07) is 0.0730. The molecule has 0 N–H and O–H groups in total. The van der Waals surface area contributed by atoms with Crippen LogP contribution in [0.2, 0.25) is 0 Å². The molecule has 1 aliphatic carbocycles. The minimum atomic E-state index is -0.468. The number of hydrogen-bond donors (Lipinski definition) is 0. The van der Waals surface area contributed by atoms with E-state index in [-0.39, 0.29) is 23.8 Å². The van der Waals surface area contributed by atoms with Gasteiger partial charge in [-0.2, -0.15) is 0 Å². The number of nitrogens with zero attached hydrogens (tertiary/aromatic N) is 2. The zero-order chi connectivity index (χ0) is 16.6. The number of imide groups is 1. The van der Waals surface area contributed by atoms with E-state index in [2.05, 4.69) is 27.9 Å². The van der Waals surface area contributed by atoms with Gasteiger partial charge in [-0.3, -0.25) is 19.2 Å². The van der Waals surface area contributed by atoms with Crippen molar-refractivity contribution in [3.05, 3.63) is 0 Å². The Morgan fingerprint density at radius 2 is 1.83 bits per heavy atom. The first kappa shape index (κ1) is 17.4. The first-order valence-corrected chi connectivity index (χ1v) is 9.82. The van der Waals surface area contributed by atoms with Crippen molar-refractivity contribution in [1.29, 1.82) is 0 Å².